The van der Waals surface area contributed by atoms with Gasteiger partial charge in [-0.2, -0.15) is 0 Å². The molecule has 42 heavy (non-hydrogen) atoms. The minimum atomic E-state index is -0.591. The van der Waals surface area contributed by atoms with Gasteiger partial charge in [0.1, 0.15) is 27.8 Å². The number of carbonyl (C=O) groups is 2. The van der Waals surface area contributed by atoms with Crippen molar-refractivity contribution in [2.24, 2.45) is 0 Å². The van der Waals surface area contributed by atoms with E-state index in [1.807, 2.05) is 20.8 Å². The Labute approximate surface area is 242 Å². The standard InChI is InChI=1S/C32H34N4O6/c1-31(2,3)27-23(34-18-41-27)16-25-29(39)35-24(28(38)36-25)15-20-8-7-9-22(14-20)26(37)21-12-10-19(11-13-21)17-33-30(40)42-32(4,5)6/h7-16,18H,17H2,1-6H3,(H,33,40)(H,35,39)(H,36,38)/b24-15-,25-16-. The van der Waals surface area contributed by atoms with Crippen LogP contribution >= 0.6 is 0 Å². The molecule has 0 unspecified atom stereocenters. The summed E-state index contributed by atoms with van der Waals surface area (Å²) in [7, 11) is 0. The Morgan fingerprint density at radius 2 is 1.55 bits per heavy atom. The summed E-state index contributed by atoms with van der Waals surface area (Å²) in [5, 5.41) is 2.77. The Morgan fingerprint density at radius 3 is 2.17 bits per heavy atom. The second kappa shape index (κ2) is 11.9. The first-order valence-electron chi connectivity index (χ1n) is 13.4. The van der Waals surface area contributed by atoms with Gasteiger partial charge < -0.3 is 24.4 Å². The van der Waals surface area contributed by atoms with Crippen molar-refractivity contribution >= 4 is 24.0 Å². The molecule has 218 valence electrons. The largest absolute Gasteiger partial charge is 0.447 e. The molecule has 4 aromatic rings. The van der Waals surface area contributed by atoms with Crippen molar-refractivity contribution < 1.29 is 18.7 Å². The molecule has 0 fully saturated rings. The Morgan fingerprint density at radius 1 is 0.905 bits per heavy atom. The lowest BCUT2D eigenvalue weighted by Crippen LogP contribution is -2.46. The van der Waals surface area contributed by atoms with E-state index in [4.69, 9.17) is 9.15 Å². The van der Waals surface area contributed by atoms with Gasteiger partial charge in [0.05, 0.1) is 0 Å². The van der Waals surface area contributed by atoms with Crippen molar-refractivity contribution in [2.45, 2.75) is 59.1 Å². The van der Waals surface area contributed by atoms with Crippen LogP contribution in [0.5, 0.6) is 0 Å². The highest BCUT2D eigenvalue weighted by Crippen LogP contribution is 2.25. The van der Waals surface area contributed by atoms with Crippen LogP contribution in [0.4, 0.5) is 4.79 Å². The number of amides is 1. The van der Waals surface area contributed by atoms with E-state index in [0.29, 0.717) is 28.1 Å². The first-order valence-corrected chi connectivity index (χ1v) is 13.4. The number of hydrogen-bond acceptors (Lipinski definition) is 7. The van der Waals surface area contributed by atoms with E-state index in [-0.39, 0.29) is 28.4 Å². The number of aromatic nitrogens is 3. The second-order valence-corrected chi connectivity index (χ2v) is 11.8. The average molecular weight is 571 g/mol. The molecule has 10 heteroatoms. The van der Waals surface area contributed by atoms with Gasteiger partial charge in [0.2, 0.25) is 0 Å². The number of aromatic amines is 2. The van der Waals surface area contributed by atoms with E-state index in [2.05, 4.69) is 20.3 Å². The van der Waals surface area contributed by atoms with E-state index in [1.54, 1.807) is 69.3 Å². The zero-order valence-electron chi connectivity index (χ0n) is 24.5. The topological polar surface area (TPSA) is 147 Å². The third kappa shape index (κ3) is 7.60. The molecule has 0 atom stereocenters. The molecule has 4 rings (SSSR count). The number of rotatable bonds is 6. The predicted octanol–water partition coefficient (Wildman–Crippen LogP) is 3.26. The maximum absolute atomic E-state index is 13.2. The molecule has 0 spiro atoms. The molecular weight excluding hydrogens is 536 g/mol. The maximum Gasteiger partial charge on any atom is 0.407 e. The molecule has 2 aromatic heterocycles. The smallest absolute Gasteiger partial charge is 0.407 e. The molecular formula is C32H34N4O6. The molecule has 0 bridgehead atoms. The number of alkyl carbamates (subject to hydrolysis) is 1. The summed E-state index contributed by atoms with van der Waals surface area (Å²) in [6.45, 7) is 11.5. The first-order chi connectivity index (χ1) is 19.7. The van der Waals surface area contributed by atoms with Crippen molar-refractivity contribution in [2.75, 3.05) is 0 Å². The molecule has 3 N–H and O–H groups in total. The highest BCUT2D eigenvalue weighted by molar-refractivity contribution is 6.09. The SMILES string of the molecule is CC(C)(C)OC(=O)NCc1ccc(C(=O)c2cccc(/C=c3\[nH]c(=O)/c(=C/c4ncoc4C(C)(C)C)[nH]c3=O)c2)cc1. The van der Waals surface area contributed by atoms with E-state index < -0.39 is 22.8 Å². The third-order valence-corrected chi connectivity index (χ3v) is 6.05. The van der Waals surface area contributed by atoms with Crippen LogP contribution in [0, 0.1) is 0 Å². The van der Waals surface area contributed by atoms with Gasteiger partial charge in [-0.1, -0.05) is 63.2 Å². The van der Waals surface area contributed by atoms with Crippen molar-refractivity contribution in [1.29, 1.82) is 0 Å². The molecule has 0 aliphatic carbocycles. The van der Waals surface area contributed by atoms with Crippen molar-refractivity contribution in [3.05, 3.63) is 120 Å². The van der Waals surface area contributed by atoms with E-state index in [0.717, 1.165) is 5.56 Å². The van der Waals surface area contributed by atoms with Crippen molar-refractivity contribution in [3.8, 4) is 0 Å². The molecule has 0 saturated heterocycles. The fourth-order valence-corrected chi connectivity index (χ4v) is 4.12. The molecule has 0 saturated carbocycles. The Hall–Kier alpha value is -4.99. The molecule has 1 amide bonds. The number of carbonyl (C=O) groups excluding carboxylic acids is 2. The molecule has 10 nitrogen and oxygen atoms in total. The Balaban J connectivity index is 1.54. The number of H-pyrrole nitrogens is 2. The fraction of sp³-hybridized carbons (Fsp3) is 0.281. The predicted molar refractivity (Wildman–Crippen MR) is 159 cm³/mol. The lowest BCUT2D eigenvalue weighted by atomic mass is 9.92. The van der Waals surface area contributed by atoms with Crippen LogP contribution in [0.3, 0.4) is 0 Å². The summed E-state index contributed by atoms with van der Waals surface area (Å²) in [4.78, 5) is 60.0. The number of oxazole rings is 1. The number of ketones is 1. The van der Waals surface area contributed by atoms with E-state index in [1.165, 1.54) is 18.5 Å². The fourth-order valence-electron chi connectivity index (χ4n) is 4.12. The van der Waals surface area contributed by atoms with Crippen LogP contribution in [0.1, 0.15) is 80.0 Å². The van der Waals surface area contributed by atoms with Gasteiger partial charge in [-0.25, -0.2) is 9.78 Å². The summed E-state index contributed by atoms with van der Waals surface area (Å²) >= 11 is 0. The quantitative estimate of drug-likeness (QED) is 0.302. The lowest BCUT2D eigenvalue weighted by molar-refractivity contribution is 0.0523. The van der Waals surface area contributed by atoms with Gasteiger partial charge in [-0.15, -0.1) is 0 Å². The van der Waals surface area contributed by atoms with Gasteiger partial charge in [0.15, 0.2) is 12.2 Å². The highest BCUT2D eigenvalue weighted by Gasteiger charge is 2.22. The second-order valence-electron chi connectivity index (χ2n) is 11.8. The zero-order chi connectivity index (χ0) is 30.7. The van der Waals surface area contributed by atoms with E-state index in [9.17, 15) is 19.2 Å². The maximum atomic E-state index is 13.2. The summed E-state index contributed by atoms with van der Waals surface area (Å²) in [5.74, 6) is 0.374. The summed E-state index contributed by atoms with van der Waals surface area (Å²) < 4.78 is 10.7. The van der Waals surface area contributed by atoms with Crippen LogP contribution in [0.15, 0.2) is 68.9 Å². The minimum Gasteiger partial charge on any atom is -0.447 e. The molecule has 0 aliphatic heterocycles. The number of benzene rings is 2. The van der Waals surface area contributed by atoms with Gasteiger partial charge in [0.25, 0.3) is 11.1 Å². The summed E-state index contributed by atoms with van der Waals surface area (Å²) in [5.41, 5.74) is 0.753. The monoisotopic (exact) mass is 570 g/mol. The van der Waals surface area contributed by atoms with Crippen molar-refractivity contribution in [1.82, 2.24) is 20.3 Å². The zero-order valence-corrected chi connectivity index (χ0v) is 24.5. The minimum absolute atomic E-state index is 0.0415. The molecule has 2 aromatic carbocycles. The molecule has 0 radical (unpaired) electrons. The third-order valence-electron chi connectivity index (χ3n) is 6.05. The first kappa shape index (κ1) is 30.0. The Bertz CT molecular complexity index is 1850. The number of nitrogens with one attached hydrogen (secondary N) is 3. The summed E-state index contributed by atoms with van der Waals surface area (Å²) in [6.07, 6.45) is 3.76. The molecule has 0 aliphatic rings. The molecule has 2 heterocycles. The summed E-state index contributed by atoms with van der Waals surface area (Å²) in [6, 6.07) is 13.6. The number of hydrogen-bond donors (Lipinski definition) is 3. The lowest BCUT2D eigenvalue weighted by Gasteiger charge is -2.19. The Kier molecular flexibility index (Phi) is 8.46. The average Bonchev–Trinajstić information content (AvgIpc) is 3.38. The number of ether oxygens (including phenoxy) is 1. The number of nitrogens with zero attached hydrogens (tertiary/aromatic N) is 1. The van der Waals surface area contributed by atoms with Gasteiger partial charge in [-0.3, -0.25) is 14.4 Å². The highest BCUT2D eigenvalue weighted by atomic mass is 16.6. The van der Waals surface area contributed by atoms with Crippen LogP contribution in [0.25, 0.3) is 12.2 Å². The van der Waals surface area contributed by atoms with Crippen LogP contribution in [-0.4, -0.2) is 32.4 Å². The van der Waals surface area contributed by atoms with Crippen LogP contribution < -0.4 is 27.1 Å². The normalized spacial score (nSPS) is 12.8. The van der Waals surface area contributed by atoms with Crippen molar-refractivity contribution in [3.63, 3.8) is 0 Å². The van der Waals surface area contributed by atoms with Gasteiger partial charge in [-0.05, 0) is 50.1 Å². The van der Waals surface area contributed by atoms with Gasteiger partial charge in [0, 0.05) is 23.1 Å². The van der Waals surface area contributed by atoms with E-state index >= 15 is 0 Å². The van der Waals surface area contributed by atoms with Gasteiger partial charge >= 0.3 is 6.09 Å². The van der Waals surface area contributed by atoms with Crippen LogP contribution in [0.2, 0.25) is 0 Å². The van der Waals surface area contributed by atoms with Crippen LogP contribution in [-0.2, 0) is 16.7 Å².